The molecule has 2 aromatic rings. The summed E-state index contributed by atoms with van der Waals surface area (Å²) in [5.41, 5.74) is 2.02. The molecule has 0 aliphatic carbocycles. The zero-order chi connectivity index (χ0) is 22.5. The Morgan fingerprint density at radius 3 is 2.81 bits per heavy atom. The summed E-state index contributed by atoms with van der Waals surface area (Å²) in [5, 5.41) is 8.67. The Kier molecular flexibility index (Phi) is 8.05. The van der Waals surface area contributed by atoms with E-state index in [9.17, 15) is 4.79 Å². The molecule has 0 fully saturated rings. The number of benzene rings is 1. The Labute approximate surface area is 196 Å². The third-order valence-corrected chi connectivity index (χ3v) is 6.11. The van der Waals surface area contributed by atoms with Crippen molar-refractivity contribution in [2.24, 2.45) is 0 Å². The second kappa shape index (κ2) is 10.5. The molecule has 0 saturated heterocycles. The Bertz CT molecular complexity index is 974. The van der Waals surface area contributed by atoms with Gasteiger partial charge in [-0.1, -0.05) is 41.0 Å². The summed E-state index contributed by atoms with van der Waals surface area (Å²) in [6, 6.07) is 5.27. The first-order valence-electron chi connectivity index (χ1n) is 10.6. The van der Waals surface area contributed by atoms with Gasteiger partial charge >= 0.3 is 5.97 Å². The van der Waals surface area contributed by atoms with Crippen molar-refractivity contribution in [2.45, 2.75) is 64.8 Å². The Morgan fingerprint density at radius 2 is 2.13 bits per heavy atom. The molecule has 1 N–H and O–H groups in total. The van der Waals surface area contributed by atoms with Gasteiger partial charge in [0.25, 0.3) is 0 Å². The van der Waals surface area contributed by atoms with E-state index in [1.807, 2.05) is 45.9 Å². The molecule has 7 nitrogen and oxygen atoms in total. The molecular weight excluding hydrogens is 480 g/mol. The molecule has 1 aromatic carbocycles. The van der Waals surface area contributed by atoms with Crippen molar-refractivity contribution in [3.05, 3.63) is 39.5 Å². The molecule has 168 valence electrons. The Hall–Kier alpha value is -2.00. The summed E-state index contributed by atoms with van der Waals surface area (Å²) in [6.45, 7) is 10.2. The number of rotatable bonds is 9. The van der Waals surface area contributed by atoms with Gasteiger partial charge in [-0.2, -0.15) is 4.98 Å². The van der Waals surface area contributed by atoms with Gasteiger partial charge in [0, 0.05) is 21.5 Å². The molecule has 1 unspecified atom stereocenters. The molecule has 2 heterocycles. The van der Waals surface area contributed by atoms with Gasteiger partial charge in [0.15, 0.2) is 0 Å². The van der Waals surface area contributed by atoms with Crippen LogP contribution in [0.4, 0.5) is 5.95 Å². The Balaban J connectivity index is 2.13. The number of carbonyl (C=O) groups excluding carboxylic acids is 1. The maximum atomic E-state index is 13.1. The summed E-state index contributed by atoms with van der Waals surface area (Å²) in [4.78, 5) is 17.8. The number of halogens is 1. The van der Waals surface area contributed by atoms with E-state index in [-0.39, 0.29) is 12.1 Å². The number of nitrogens with one attached hydrogen (secondary N) is 1. The van der Waals surface area contributed by atoms with Crippen molar-refractivity contribution in [2.75, 3.05) is 17.7 Å². The van der Waals surface area contributed by atoms with Crippen LogP contribution in [0.1, 0.15) is 59.1 Å². The van der Waals surface area contributed by atoms with Crippen LogP contribution in [-0.4, -0.2) is 39.2 Å². The summed E-state index contributed by atoms with van der Waals surface area (Å²) in [5.74, 6) is 1.86. The fraction of sp³-hybridized carbons (Fsp3) is 0.500. The third kappa shape index (κ3) is 5.44. The lowest BCUT2D eigenvalue weighted by atomic mass is 9.95. The van der Waals surface area contributed by atoms with Crippen LogP contribution in [0.15, 0.2) is 39.1 Å². The van der Waals surface area contributed by atoms with Gasteiger partial charge in [0.05, 0.1) is 18.3 Å². The minimum absolute atomic E-state index is 0.236. The van der Waals surface area contributed by atoms with Gasteiger partial charge in [-0.05, 0) is 52.3 Å². The lowest BCUT2D eigenvalue weighted by Gasteiger charge is -2.29. The molecule has 0 spiro atoms. The molecule has 1 atom stereocenters. The van der Waals surface area contributed by atoms with E-state index in [1.54, 1.807) is 16.4 Å². The number of unbranched alkanes of at least 4 members (excludes halogenated alkanes) is 1. The predicted octanol–water partition coefficient (Wildman–Crippen LogP) is 5.57. The van der Waals surface area contributed by atoms with Crippen LogP contribution in [0.2, 0.25) is 0 Å². The normalized spacial score (nSPS) is 15.6. The first kappa shape index (κ1) is 23.7. The van der Waals surface area contributed by atoms with Gasteiger partial charge < -0.3 is 14.8 Å². The van der Waals surface area contributed by atoms with Gasteiger partial charge in [-0.3, -0.25) is 0 Å². The van der Waals surface area contributed by atoms with Crippen LogP contribution in [0.5, 0.6) is 5.75 Å². The quantitative estimate of drug-likeness (QED) is 0.269. The topological polar surface area (TPSA) is 78.3 Å². The van der Waals surface area contributed by atoms with E-state index < -0.39 is 6.04 Å². The van der Waals surface area contributed by atoms with Crippen LogP contribution in [0, 0.1) is 0 Å². The number of ether oxygens (including phenoxy) is 2. The average molecular weight is 509 g/mol. The second-order valence-corrected chi connectivity index (χ2v) is 9.48. The number of carbonyl (C=O) groups is 1. The van der Waals surface area contributed by atoms with Crippen molar-refractivity contribution in [1.29, 1.82) is 0 Å². The van der Waals surface area contributed by atoms with E-state index in [0.29, 0.717) is 34.7 Å². The number of hydrogen-bond acceptors (Lipinski definition) is 7. The van der Waals surface area contributed by atoms with Crippen molar-refractivity contribution < 1.29 is 14.3 Å². The number of thioether (sulfide) groups is 1. The summed E-state index contributed by atoms with van der Waals surface area (Å²) < 4.78 is 14.1. The predicted molar refractivity (Wildman–Crippen MR) is 127 cm³/mol. The molecule has 0 bridgehead atoms. The molecule has 1 aliphatic heterocycles. The largest absolute Gasteiger partial charge is 0.494 e. The van der Waals surface area contributed by atoms with Gasteiger partial charge in [-0.25, -0.2) is 9.48 Å². The van der Waals surface area contributed by atoms with Crippen molar-refractivity contribution >= 4 is 39.6 Å². The van der Waals surface area contributed by atoms with Crippen LogP contribution in [-0.2, 0) is 9.53 Å². The van der Waals surface area contributed by atoms with Crippen molar-refractivity contribution in [3.8, 4) is 5.75 Å². The smallest absolute Gasteiger partial charge is 0.338 e. The average Bonchev–Trinajstić information content (AvgIpc) is 3.10. The highest BCUT2D eigenvalue weighted by Gasteiger charge is 2.37. The first-order chi connectivity index (χ1) is 14.8. The molecule has 0 saturated carbocycles. The molecule has 1 aromatic heterocycles. The number of fused-ring (bicyclic) bond motifs is 1. The lowest BCUT2D eigenvalue weighted by molar-refractivity contribution is -0.143. The van der Waals surface area contributed by atoms with Crippen LogP contribution in [0.3, 0.4) is 0 Å². The van der Waals surface area contributed by atoms with Gasteiger partial charge in [0.2, 0.25) is 11.1 Å². The van der Waals surface area contributed by atoms with Crippen LogP contribution in [0.25, 0.3) is 0 Å². The molecular formula is C22H29BrN4O3S. The van der Waals surface area contributed by atoms with Gasteiger partial charge in [-0.15, -0.1) is 5.10 Å². The van der Waals surface area contributed by atoms with E-state index in [4.69, 9.17) is 14.6 Å². The lowest BCUT2D eigenvalue weighted by Crippen LogP contribution is -2.31. The number of anilines is 1. The van der Waals surface area contributed by atoms with Crippen molar-refractivity contribution in [1.82, 2.24) is 14.8 Å². The van der Waals surface area contributed by atoms with E-state index in [2.05, 4.69) is 33.2 Å². The highest BCUT2D eigenvalue weighted by atomic mass is 79.9. The zero-order valence-electron chi connectivity index (χ0n) is 18.6. The number of nitrogens with zero attached hydrogens (tertiary/aromatic N) is 3. The van der Waals surface area contributed by atoms with Gasteiger partial charge in [0.1, 0.15) is 11.8 Å². The maximum absolute atomic E-state index is 13.1. The minimum Gasteiger partial charge on any atom is -0.494 e. The highest BCUT2D eigenvalue weighted by Crippen LogP contribution is 2.41. The number of hydrogen-bond donors (Lipinski definition) is 1. The highest BCUT2D eigenvalue weighted by molar-refractivity contribution is 9.10. The zero-order valence-corrected chi connectivity index (χ0v) is 21.0. The number of allylic oxidation sites excluding steroid dienone is 1. The third-order valence-electron chi connectivity index (χ3n) is 4.69. The monoisotopic (exact) mass is 508 g/mol. The standard InChI is InChI=1S/C22H29BrN4O3S/c1-6-8-11-31-22-25-21-24-14(5)18(20(28)30-13(3)4)19(27(21)26-22)16-12-15(23)9-10-17(16)29-7-2/h9-10,12-13,19H,6-8,11H2,1-5H3,(H,24,25,26). The van der Waals surface area contributed by atoms with Crippen LogP contribution >= 0.6 is 27.7 Å². The molecule has 0 radical (unpaired) electrons. The molecule has 1 aliphatic rings. The first-order valence-corrected chi connectivity index (χ1v) is 12.3. The van der Waals surface area contributed by atoms with E-state index >= 15 is 0 Å². The molecule has 31 heavy (non-hydrogen) atoms. The number of aromatic nitrogens is 3. The summed E-state index contributed by atoms with van der Waals surface area (Å²) in [7, 11) is 0. The van der Waals surface area contributed by atoms with Crippen LogP contribution < -0.4 is 10.1 Å². The molecule has 3 rings (SSSR count). The van der Waals surface area contributed by atoms with E-state index in [0.717, 1.165) is 28.6 Å². The summed E-state index contributed by atoms with van der Waals surface area (Å²) >= 11 is 5.18. The van der Waals surface area contributed by atoms with Crippen molar-refractivity contribution in [3.63, 3.8) is 0 Å². The Morgan fingerprint density at radius 1 is 1.35 bits per heavy atom. The number of esters is 1. The van der Waals surface area contributed by atoms with E-state index in [1.165, 1.54) is 0 Å². The summed E-state index contributed by atoms with van der Waals surface area (Å²) in [6.07, 6.45) is 1.97. The fourth-order valence-electron chi connectivity index (χ4n) is 3.35. The second-order valence-electron chi connectivity index (χ2n) is 7.50. The fourth-order valence-corrected chi connectivity index (χ4v) is 4.64. The minimum atomic E-state index is -0.519. The molecule has 9 heteroatoms. The SMILES string of the molecule is CCCCSc1nc2n(n1)C(c1cc(Br)ccc1OCC)C(C(=O)OC(C)C)=C(C)N2. The maximum Gasteiger partial charge on any atom is 0.338 e. The molecule has 0 amide bonds.